The van der Waals surface area contributed by atoms with Crippen LogP contribution in [0.25, 0.3) is 16.4 Å². The van der Waals surface area contributed by atoms with Gasteiger partial charge in [0.2, 0.25) is 11.6 Å². The molecule has 0 bridgehead atoms. The smallest absolute Gasteiger partial charge is 0.294 e. The molecule has 0 spiro atoms. The van der Waals surface area contributed by atoms with Gasteiger partial charge in [-0.3, -0.25) is 4.79 Å². The van der Waals surface area contributed by atoms with Gasteiger partial charge in [-0.05, 0) is 57.2 Å². The SMILES string of the molecule is Nc1nonc1-n1nnc(C(=O)N/N=C/c2ccc(OCc3ccccc3)cc2)c1-c1cccs1. The molecule has 3 aromatic heterocycles. The maximum atomic E-state index is 12.8. The number of benzene rings is 2. The Morgan fingerprint density at radius 3 is 2.66 bits per heavy atom. The lowest BCUT2D eigenvalue weighted by molar-refractivity contribution is 0.0951. The number of hydrogen-bond acceptors (Lipinski definition) is 10. The van der Waals surface area contributed by atoms with Crippen molar-refractivity contribution in [2.24, 2.45) is 5.10 Å². The van der Waals surface area contributed by atoms with Gasteiger partial charge in [0.05, 0.1) is 11.1 Å². The van der Waals surface area contributed by atoms with E-state index in [0.29, 0.717) is 12.3 Å². The Morgan fingerprint density at radius 2 is 1.94 bits per heavy atom. The minimum Gasteiger partial charge on any atom is -0.489 e. The first kappa shape index (κ1) is 22.0. The molecule has 174 valence electrons. The maximum absolute atomic E-state index is 12.8. The first-order chi connectivity index (χ1) is 17.2. The van der Waals surface area contributed by atoms with Crippen LogP contribution in [0.4, 0.5) is 5.82 Å². The molecule has 3 N–H and O–H groups in total. The van der Waals surface area contributed by atoms with E-state index in [1.54, 1.807) is 0 Å². The van der Waals surface area contributed by atoms with Crippen LogP contribution in [0.15, 0.2) is 81.8 Å². The molecular formula is C23H18N8O3S. The van der Waals surface area contributed by atoms with Crippen LogP contribution in [0.3, 0.4) is 0 Å². The number of carbonyl (C=O) groups is 1. The Morgan fingerprint density at radius 1 is 1.11 bits per heavy atom. The number of hydrogen-bond donors (Lipinski definition) is 2. The number of thiophene rings is 1. The molecule has 0 fully saturated rings. The van der Waals surface area contributed by atoms with Gasteiger partial charge in [-0.15, -0.1) is 16.4 Å². The van der Waals surface area contributed by atoms with Crippen molar-refractivity contribution in [2.75, 3.05) is 5.73 Å². The third kappa shape index (κ3) is 4.91. The van der Waals surface area contributed by atoms with E-state index in [-0.39, 0.29) is 17.3 Å². The molecule has 5 rings (SSSR count). The Kier molecular flexibility index (Phi) is 6.26. The molecule has 35 heavy (non-hydrogen) atoms. The molecule has 0 unspecified atom stereocenters. The first-order valence-corrected chi connectivity index (χ1v) is 11.2. The van der Waals surface area contributed by atoms with Crippen LogP contribution in [0.1, 0.15) is 21.6 Å². The predicted octanol–water partition coefficient (Wildman–Crippen LogP) is 3.30. The fourth-order valence-electron chi connectivity index (χ4n) is 3.16. The van der Waals surface area contributed by atoms with Gasteiger partial charge in [0.25, 0.3) is 5.91 Å². The number of hydrazone groups is 1. The fraction of sp³-hybridized carbons (Fsp3) is 0.0435. The Balaban J connectivity index is 1.27. The highest BCUT2D eigenvalue weighted by Gasteiger charge is 2.25. The first-order valence-electron chi connectivity index (χ1n) is 10.4. The minimum atomic E-state index is -0.547. The summed E-state index contributed by atoms with van der Waals surface area (Å²) < 4.78 is 11.8. The molecule has 11 nitrogen and oxygen atoms in total. The monoisotopic (exact) mass is 486 g/mol. The van der Waals surface area contributed by atoms with E-state index in [9.17, 15) is 4.79 Å². The van der Waals surface area contributed by atoms with Crippen LogP contribution >= 0.6 is 11.3 Å². The summed E-state index contributed by atoms with van der Waals surface area (Å²) in [6.45, 7) is 0.480. The zero-order chi connectivity index (χ0) is 24.0. The van der Waals surface area contributed by atoms with E-state index in [1.807, 2.05) is 72.1 Å². The number of nitrogens with one attached hydrogen (secondary N) is 1. The summed E-state index contributed by atoms with van der Waals surface area (Å²) in [7, 11) is 0. The van der Waals surface area contributed by atoms with Crippen LogP contribution in [0.5, 0.6) is 5.75 Å². The van der Waals surface area contributed by atoms with Crippen molar-refractivity contribution in [2.45, 2.75) is 6.61 Å². The molecule has 0 atom stereocenters. The second kappa shape index (κ2) is 9.97. The summed E-state index contributed by atoms with van der Waals surface area (Å²) in [4.78, 5) is 13.6. The average molecular weight is 487 g/mol. The van der Waals surface area contributed by atoms with Gasteiger partial charge in [0, 0.05) is 0 Å². The van der Waals surface area contributed by atoms with E-state index >= 15 is 0 Å². The van der Waals surface area contributed by atoms with E-state index in [2.05, 4.69) is 35.8 Å². The summed E-state index contributed by atoms with van der Waals surface area (Å²) in [5.41, 5.74) is 10.6. The summed E-state index contributed by atoms with van der Waals surface area (Å²) >= 11 is 1.40. The van der Waals surface area contributed by atoms with Crippen molar-refractivity contribution >= 4 is 29.3 Å². The van der Waals surface area contributed by atoms with Crippen molar-refractivity contribution in [1.29, 1.82) is 0 Å². The zero-order valence-electron chi connectivity index (χ0n) is 18.1. The van der Waals surface area contributed by atoms with Crippen molar-refractivity contribution in [1.82, 2.24) is 30.7 Å². The standard InChI is InChI=1S/C23H18N8O3S/c24-21-22(29-34-28-21)31-20(18-7-4-12-35-18)19(26-30-31)23(32)27-25-13-15-8-10-17(11-9-15)33-14-16-5-2-1-3-6-16/h1-13H,14H2,(H2,24,28)(H,27,32)/b25-13+. The van der Waals surface area contributed by atoms with Crippen molar-refractivity contribution in [3.05, 3.63) is 88.9 Å². The normalized spacial score (nSPS) is 11.1. The summed E-state index contributed by atoms with van der Waals surface area (Å²) in [5, 5.41) is 21.2. The van der Waals surface area contributed by atoms with Crippen molar-refractivity contribution in [3.8, 4) is 22.1 Å². The van der Waals surface area contributed by atoms with Gasteiger partial charge in [0.1, 0.15) is 18.1 Å². The number of carbonyl (C=O) groups excluding carboxylic acids is 1. The van der Waals surface area contributed by atoms with Crippen LogP contribution in [-0.4, -0.2) is 37.4 Å². The lowest BCUT2D eigenvalue weighted by Crippen LogP contribution is -2.19. The maximum Gasteiger partial charge on any atom is 0.294 e. The van der Waals surface area contributed by atoms with Gasteiger partial charge in [-0.2, -0.15) is 9.78 Å². The van der Waals surface area contributed by atoms with Crippen LogP contribution in [-0.2, 0) is 6.61 Å². The topological polar surface area (TPSA) is 146 Å². The van der Waals surface area contributed by atoms with E-state index in [0.717, 1.165) is 21.8 Å². The lowest BCUT2D eigenvalue weighted by Gasteiger charge is -2.06. The second-order valence-electron chi connectivity index (χ2n) is 7.19. The molecule has 5 aromatic rings. The largest absolute Gasteiger partial charge is 0.489 e. The van der Waals surface area contributed by atoms with E-state index < -0.39 is 5.91 Å². The summed E-state index contributed by atoms with van der Waals surface area (Å²) in [5.74, 6) is 0.342. The number of rotatable bonds is 8. The molecule has 3 heterocycles. The molecular weight excluding hydrogens is 468 g/mol. The number of ether oxygens (including phenoxy) is 1. The Hall–Kier alpha value is -4.84. The van der Waals surface area contributed by atoms with Crippen LogP contribution in [0.2, 0.25) is 0 Å². The second-order valence-corrected chi connectivity index (χ2v) is 8.14. The fourth-order valence-corrected chi connectivity index (χ4v) is 3.92. The molecule has 0 radical (unpaired) electrons. The molecule has 0 aliphatic rings. The van der Waals surface area contributed by atoms with Gasteiger partial charge in [-0.25, -0.2) is 10.1 Å². The third-order valence-electron chi connectivity index (χ3n) is 4.84. The molecule has 0 aliphatic heterocycles. The van der Waals surface area contributed by atoms with Gasteiger partial charge in [-0.1, -0.05) is 41.6 Å². The number of nitrogen functional groups attached to an aromatic ring is 1. The Labute approximate surface area is 202 Å². The van der Waals surface area contributed by atoms with Crippen molar-refractivity contribution in [3.63, 3.8) is 0 Å². The quantitative estimate of drug-likeness (QED) is 0.251. The molecule has 0 saturated carbocycles. The Bertz CT molecular complexity index is 1440. The average Bonchev–Trinajstić information content (AvgIpc) is 3.64. The van der Waals surface area contributed by atoms with Crippen LogP contribution < -0.4 is 15.9 Å². The minimum absolute atomic E-state index is 0.0221. The highest BCUT2D eigenvalue weighted by Crippen LogP contribution is 2.29. The molecule has 1 amide bonds. The zero-order valence-corrected chi connectivity index (χ0v) is 18.9. The van der Waals surface area contributed by atoms with E-state index in [1.165, 1.54) is 22.2 Å². The third-order valence-corrected chi connectivity index (χ3v) is 5.72. The number of nitrogens with two attached hydrogens (primary N) is 1. The van der Waals surface area contributed by atoms with Gasteiger partial charge >= 0.3 is 0 Å². The number of aromatic nitrogens is 5. The number of amides is 1. The van der Waals surface area contributed by atoms with Crippen LogP contribution in [0, 0.1) is 0 Å². The van der Waals surface area contributed by atoms with Gasteiger partial charge in [0.15, 0.2) is 5.69 Å². The molecule has 0 saturated heterocycles. The molecule has 12 heteroatoms. The lowest BCUT2D eigenvalue weighted by atomic mass is 10.2. The highest BCUT2D eigenvalue weighted by atomic mass is 32.1. The highest BCUT2D eigenvalue weighted by molar-refractivity contribution is 7.13. The van der Waals surface area contributed by atoms with Gasteiger partial charge < -0.3 is 10.5 Å². The molecule has 0 aliphatic carbocycles. The predicted molar refractivity (Wildman–Crippen MR) is 129 cm³/mol. The summed E-state index contributed by atoms with van der Waals surface area (Å²) in [6, 6.07) is 20.9. The van der Waals surface area contributed by atoms with Crippen molar-refractivity contribution < 1.29 is 14.2 Å². The van der Waals surface area contributed by atoms with E-state index in [4.69, 9.17) is 10.5 Å². The molecule has 2 aromatic carbocycles. The summed E-state index contributed by atoms with van der Waals surface area (Å²) in [6.07, 6.45) is 1.52. The number of nitrogens with zero attached hydrogens (tertiary/aromatic N) is 6. The number of anilines is 1.